The van der Waals surface area contributed by atoms with Gasteiger partial charge in [-0.05, 0) is 24.5 Å². The van der Waals surface area contributed by atoms with Gasteiger partial charge < -0.3 is 20.1 Å². The maximum absolute atomic E-state index is 12.8. The van der Waals surface area contributed by atoms with E-state index < -0.39 is 29.9 Å². The van der Waals surface area contributed by atoms with Gasteiger partial charge in [0.05, 0.1) is 29.8 Å². The monoisotopic (exact) mass is 422 g/mol. The molecule has 2 N–H and O–H groups in total. The van der Waals surface area contributed by atoms with Crippen LogP contribution in [0.3, 0.4) is 0 Å². The topological polar surface area (TPSA) is 93.7 Å². The van der Waals surface area contributed by atoms with Gasteiger partial charge in [0.1, 0.15) is 6.61 Å². The van der Waals surface area contributed by atoms with Crippen molar-refractivity contribution in [2.24, 2.45) is 0 Å². The van der Waals surface area contributed by atoms with Gasteiger partial charge in [-0.2, -0.15) is 0 Å². The van der Waals surface area contributed by atoms with Crippen molar-refractivity contribution < 1.29 is 23.9 Å². The molecule has 1 aliphatic rings. The Labute approximate surface area is 181 Å². The van der Waals surface area contributed by atoms with Gasteiger partial charge >= 0.3 is 18.0 Å². The molecule has 0 saturated carbocycles. The van der Waals surface area contributed by atoms with Crippen LogP contribution in [0.2, 0.25) is 0 Å². The minimum atomic E-state index is -0.709. The maximum atomic E-state index is 12.8. The fourth-order valence-corrected chi connectivity index (χ4v) is 3.54. The van der Waals surface area contributed by atoms with Crippen molar-refractivity contribution >= 4 is 18.0 Å². The third-order valence-corrected chi connectivity index (χ3v) is 5.04. The summed E-state index contributed by atoms with van der Waals surface area (Å²) in [6, 6.07) is 17.3. The fraction of sp³-hybridized carbons (Fsp3) is 0.292. The number of hydrogen-bond acceptors (Lipinski definition) is 5. The summed E-state index contributed by atoms with van der Waals surface area (Å²) in [7, 11) is 0. The molecular weight excluding hydrogens is 396 g/mol. The lowest BCUT2D eigenvalue weighted by atomic mass is 9.95. The van der Waals surface area contributed by atoms with Gasteiger partial charge in [-0.3, -0.25) is 4.79 Å². The highest BCUT2D eigenvalue weighted by Gasteiger charge is 2.34. The van der Waals surface area contributed by atoms with Crippen LogP contribution in [0.1, 0.15) is 43.4 Å². The SMILES string of the molecule is CCOC(=O)C1=C(COC(=O)[C@@H](CC)c2ccccc2)NC(=O)N[C@@H]1c1ccccc1. The number of esters is 2. The van der Waals surface area contributed by atoms with Crippen LogP contribution in [0.5, 0.6) is 0 Å². The predicted molar refractivity (Wildman–Crippen MR) is 115 cm³/mol. The van der Waals surface area contributed by atoms with E-state index in [-0.39, 0.29) is 24.5 Å². The quantitative estimate of drug-likeness (QED) is 0.634. The smallest absolute Gasteiger partial charge is 0.338 e. The molecule has 7 heteroatoms. The van der Waals surface area contributed by atoms with Crippen molar-refractivity contribution in [1.82, 2.24) is 10.6 Å². The summed E-state index contributed by atoms with van der Waals surface area (Å²) in [5.74, 6) is -1.44. The Morgan fingerprint density at radius 3 is 2.23 bits per heavy atom. The summed E-state index contributed by atoms with van der Waals surface area (Å²) in [5.41, 5.74) is 2.01. The van der Waals surface area contributed by atoms with E-state index in [1.807, 2.05) is 67.6 Å². The van der Waals surface area contributed by atoms with Gasteiger partial charge in [-0.15, -0.1) is 0 Å². The molecule has 0 aromatic heterocycles. The molecule has 2 aromatic carbocycles. The highest BCUT2D eigenvalue weighted by atomic mass is 16.5. The first-order valence-electron chi connectivity index (χ1n) is 10.3. The van der Waals surface area contributed by atoms with E-state index >= 15 is 0 Å². The summed E-state index contributed by atoms with van der Waals surface area (Å²) in [4.78, 5) is 37.8. The van der Waals surface area contributed by atoms with Gasteiger partial charge in [-0.1, -0.05) is 67.6 Å². The molecule has 0 saturated heterocycles. The van der Waals surface area contributed by atoms with Gasteiger partial charge in [0.15, 0.2) is 0 Å². The number of hydrogen-bond donors (Lipinski definition) is 2. The first-order valence-corrected chi connectivity index (χ1v) is 10.3. The number of carbonyl (C=O) groups excluding carboxylic acids is 3. The molecule has 162 valence electrons. The number of rotatable bonds is 8. The Morgan fingerprint density at radius 1 is 0.968 bits per heavy atom. The number of amides is 2. The molecule has 0 bridgehead atoms. The van der Waals surface area contributed by atoms with E-state index in [1.54, 1.807) is 6.92 Å². The van der Waals surface area contributed by atoms with Crippen LogP contribution >= 0.6 is 0 Å². The zero-order chi connectivity index (χ0) is 22.2. The second kappa shape index (κ2) is 10.4. The number of carbonyl (C=O) groups is 3. The average Bonchev–Trinajstić information content (AvgIpc) is 2.79. The third kappa shape index (κ3) is 5.31. The van der Waals surface area contributed by atoms with Crippen molar-refractivity contribution in [2.45, 2.75) is 32.2 Å². The van der Waals surface area contributed by atoms with E-state index in [0.717, 1.165) is 11.1 Å². The van der Waals surface area contributed by atoms with E-state index in [0.29, 0.717) is 6.42 Å². The number of nitrogens with one attached hydrogen (secondary N) is 2. The Morgan fingerprint density at radius 2 is 1.61 bits per heavy atom. The molecule has 0 aliphatic carbocycles. The fourth-order valence-electron chi connectivity index (χ4n) is 3.54. The molecular formula is C24H26N2O5. The van der Waals surface area contributed by atoms with Gasteiger partial charge in [0.25, 0.3) is 0 Å². The lowest BCUT2D eigenvalue weighted by Crippen LogP contribution is -2.47. The highest BCUT2D eigenvalue weighted by Crippen LogP contribution is 2.28. The molecule has 0 unspecified atom stereocenters. The van der Waals surface area contributed by atoms with Crippen LogP contribution in [-0.4, -0.2) is 31.2 Å². The van der Waals surface area contributed by atoms with Gasteiger partial charge in [0.2, 0.25) is 0 Å². The minimum Gasteiger partial charge on any atom is -0.463 e. The summed E-state index contributed by atoms with van der Waals surface area (Å²) in [6.45, 7) is 3.54. The Bertz CT molecular complexity index is 956. The van der Waals surface area contributed by atoms with Crippen LogP contribution in [0.15, 0.2) is 71.9 Å². The van der Waals surface area contributed by atoms with Crippen LogP contribution in [-0.2, 0) is 19.1 Å². The summed E-state index contributed by atoms with van der Waals surface area (Å²) in [6.07, 6.45) is 0.563. The van der Waals surface area contributed by atoms with Crippen molar-refractivity contribution in [1.29, 1.82) is 0 Å². The number of urea groups is 1. The second-order valence-corrected chi connectivity index (χ2v) is 7.03. The number of ether oxygens (including phenoxy) is 2. The van der Waals surface area contributed by atoms with Crippen molar-refractivity contribution in [3.8, 4) is 0 Å². The van der Waals surface area contributed by atoms with Crippen molar-refractivity contribution in [3.05, 3.63) is 83.1 Å². The average molecular weight is 422 g/mol. The van der Waals surface area contributed by atoms with E-state index in [1.165, 1.54) is 0 Å². The highest BCUT2D eigenvalue weighted by molar-refractivity contribution is 5.95. The van der Waals surface area contributed by atoms with Crippen LogP contribution in [0, 0.1) is 0 Å². The zero-order valence-corrected chi connectivity index (χ0v) is 17.6. The minimum absolute atomic E-state index is 0.177. The Hall–Kier alpha value is -3.61. The van der Waals surface area contributed by atoms with Crippen molar-refractivity contribution in [3.63, 3.8) is 0 Å². The van der Waals surface area contributed by atoms with Crippen molar-refractivity contribution in [2.75, 3.05) is 13.2 Å². The molecule has 1 heterocycles. The van der Waals surface area contributed by atoms with Gasteiger partial charge in [-0.25, -0.2) is 9.59 Å². The molecule has 2 aromatic rings. The second-order valence-electron chi connectivity index (χ2n) is 7.03. The lowest BCUT2D eigenvalue weighted by Gasteiger charge is -2.29. The Balaban J connectivity index is 1.88. The third-order valence-electron chi connectivity index (χ3n) is 5.04. The molecule has 0 fully saturated rings. The number of benzene rings is 2. The molecule has 0 spiro atoms. The predicted octanol–water partition coefficient (Wildman–Crippen LogP) is 3.59. The largest absolute Gasteiger partial charge is 0.463 e. The standard InChI is InChI=1S/C24H26N2O5/c1-3-18(16-11-7-5-8-12-16)22(27)31-15-19-20(23(28)30-4-2)21(26-24(29)25-19)17-13-9-6-10-14-17/h5-14,18,21H,3-4,15H2,1-2H3,(H2,25,26,29)/t18-,21+/m0/s1. The summed E-state index contributed by atoms with van der Waals surface area (Å²) >= 11 is 0. The van der Waals surface area contributed by atoms with E-state index in [2.05, 4.69) is 10.6 Å². The van der Waals surface area contributed by atoms with E-state index in [9.17, 15) is 14.4 Å². The molecule has 0 radical (unpaired) electrons. The molecule has 3 rings (SSSR count). The first kappa shape index (κ1) is 22.1. The van der Waals surface area contributed by atoms with E-state index in [4.69, 9.17) is 9.47 Å². The first-order chi connectivity index (χ1) is 15.0. The maximum Gasteiger partial charge on any atom is 0.338 e. The van der Waals surface area contributed by atoms with Crippen LogP contribution in [0.25, 0.3) is 0 Å². The van der Waals surface area contributed by atoms with Gasteiger partial charge in [0, 0.05) is 0 Å². The summed E-state index contributed by atoms with van der Waals surface area (Å²) in [5, 5.41) is 5.36. The lowest BCUT2D eigenvalue weighted by molar-refractivity contribution is -0.145. The molecule has 7 nitrogen and oxygen atoms in total. The molecule has 2 amide bonds. The Kier molecular flexibility index (Phi) is 7.43. The molecule has 1 aliphatic heterocycles. The molecule has 2 atom stereocenters. The normalized spacial score (nSPS) is 16.7. The summed E-state index contributed by atoms with van der Waals surface area (Å²) < 4.78 is 10.7. The van der Waals surface area contributed by atoms with Crippen LogP contribution in [0.4, 0.5) is 4.79 Å². The molecule has 31 heavy (non-hydrogen) atoms. The van der Waals surface area contributed by atoms with Crippen LogP contribution < -0.4 is 10.6 Å². The zero-order valence-electron chi connectivity index (χ0n) is 17.6.